The van der Waals surface area contributed by atoms with Crippen molar-refractivity contribution in [1.29, 1.82) is 0 Å². The van der Waals surface area contributed by atoms with Gasteiger partial charge in [0.15, 0.2) is 5.65 Å². The van der Waals surface area contributed by atoms with E-state index in [0.29, 0.717) is 24.1 Å². The Kier molecular flexibility index (Phi) is 2.51. The summed E-state index contributed by atoms with van der Waals surface area (Å²) < 4.78 is 3.15. The summed E-state index contributed by atoms with van der Waals surface area (Å²) in [7, 11) is 1.76. The van der Waals surface area contributed by atoms with E-state index in [4.69, 9.17) is 5.73 Å². The maximum Gasteiger partial charge on any atom is 0.264 e. The van der Waals surface area contributed by atoms with Crippen LogP contribution in [0.5, 0.6) is 0 Å². The maximum absolute atomic E-state index is 11.9. The molecule has 0 aliphatic rings. The van der Waals surface area contributed by atoms with E-state index in [1.165, 1.54) is 0 Å². The van der Waals surface area contributed by atoms with Crippen molar-refractivity contribution >= 4 is 11.0 Å². The zero-order chi connectivity index (χ0) is 10.8. The summed E-state index contributed by atoms with van der Waals surface area (Å²) in [5.41, 5.74) is 5.95. The molecular formula is C9H13N5O. The van der Waals surface area contributed by atoms with Crippen LogP contribution in [0, 0.1) is 0 Å². The topological polar surface area (TPSA) is 78.7 Å². The molecule has 0 saturated heterocycles. The normalized spacial score (nSPS) is 11.1. The lowest BCUT2D eigenvalue weighted by molar-refractivity contribution is 0.623. The van der Waals surface area contributed by atoms with Crippen molar-refractivity contribution in [1.82, 2.24) is 19.3 Å². The molecular weight excluding hydrogens is 194 g/mol. The van der Waals surface area contributed by atoms with Crippen molar-refractivity contribution in [2.45, 2.75) is 13.0 Å². The molecule has 0 spiro atoms. The van der Waals surface area contributed by atoms with Gasteiger partial charge in [-0.05, 0) is 13.0 Å². The van der Waals surface area contributed by atoms with E-state index in [2.05, 4.69) is 10.1 Å². The van der Waals surface area contributed by atoms with Crippen molar-refractivity contribution in [2.24, 2.45) is 12.8 Å². The summed E-state index contributed by atoms with van der Waals surface area (Å²) >= 11 is 0. The molecule has 0 amide bonds. The Labute approximate surface area is 86.3 Å². The summed E-state index contributed by atoms with van der Waals surface area (Å²) in [6.07, 6.45) is 3.86. The molecule has 80 valence electrons. The van der Waals surface area contributed by atoms with Gasteiger partial charge < -0.3 is 5.73 Å². The molecule has 0 aromatic carbocycles. The van der Waals surface area contributed by atoms with Gasteiger partial charge in [-0.2, -0.15) is 5.10 Å². The van der Waals surface area contributed by atoms with Crippen molar-refractivity contribution in [3.63, 3.8) is 0 Å². The third kappa shape index (κ3) is 1.63. The van der Waals surface area contributed by atoms with E-state index < -0.39 is 0 Å². The van der Waals surface area contributed by atoms with Gasteiger partial charge in [-0.1, -0.05) is 0 Å². The molecule has 0 aliphatic carbocycles. The highest BCUT2D eigenvalue weighted by Crippen LogP contribution is 2.02. The lowest BCUT2D eigenvalue weighted by Crippen LogP contribution is -2.21. The van der Waals surface area contributed by atoms with Crippen LogP contribution in [-0.2, 0) is 13.6 Å². The summed E-state index contributed by atoms with van der Waals surface area (Å²) in [5, 5.41) is 4.55. The van der Waals surface area contributed by atoms with Crippen molar-refractivity contribution < 1.29 is 0 Å². The molecule has 0 atom stereocenters. The highest BCUT2D eigenvalue weighted by molar-refractivity contribution is 5.72. The predicted octanol–water partition coefficient (Wildman–Crippen LogP) is -0.521. The van der Waals surface area contributed by atoms with Gasteiger partial charge in [0.05, 0.1) is 12.5 Å². The number of hydrogen-bond donors (Lipinski definition) is 1. The summed E-state index contributed by atoms with van der Waals surface area (Å²) in [6, 6.07) is 0. The fourth-order valence-corrected chi connectivity index (χ4v) is 1.49. The van der Waals surface area contributed by atoms with Crippen LogP contribution in [0.4, 0.5) is 0 Å². The minimum Gasteiger partial charge on any atom is -0.330 e. The Morgan fingerprint density at radius 2 is 2.33 bits per heavy atom. The van der Waals surface area contributed by atoms with E-state index in [1.807, 2.05) is 0 Å². The molecule has 6 heteroatoms. The van der Waals surface area contributed by atoms with Crippen LogP contribution < -0.4 is 11.3 Å². The molecule has 6 nitrogen and oxygen atoms in total. The molecule has 0 unspecified atom stereocenters. The first kappa shape index (κ1) is 9.85. The van der Waals surface area contributed by atoms with Crippen LogP contribution in [-0.4, -0.2) is 25.9 Å². The number of aromatic nitrogens is 4. The standard InChI is InChI=1S/C9H13N5O/c1-13-8-7(5-12-13)9(15)14(6-11-8)4-2-3-10/h5-6H,2-4,10H2,1H3. The molecule has 0 fully saturated rings. The fraction of sp³-hybridized carbons (Fsp3) is 0.444. The van der Waals surface area contributed by atoms with Gasteiger partial charge in [-0.15, -0.1) is 0 Å². The monoisotopic (exact) mass is 207 g/mol. The molecule has 0 aliphatic heterocycles. The number of hydrogen-bond acceptors (Lipinski definition) is 4. The largest absolute Gasteiger partial charge is 0.330 e. The highest BCUT2D eigenvalue weighted by atomic mass is 16.1. The molecule has 0 bridgehead atoms. The molecule has 2 N–H and O–H groups in total. The molecule has 0 saturated carbocycles. The van der Waals surface area contributed by atoms with Gasteiger partial charge in [0.2, 0.25) is 0 Å². The second kappa shape index (κ2) is 3.82. The van der Waals surface area contributed by atoms with Crippen LogP contribution in [0.25, 0.3) is 11.0 Å². The third-order valence-electron chi connectivity index (χ3n) is 2.32. The Balaban J connectivity index is 2.51. The first-order valence-corrected chi connectivity index (χ1v) is 4.81. The smallest absolute Gasteiger partial charge is 0.264 e. The van der Waals surface area contributed by atoms with E-state index in [-0.39, 0.29) is 5.56 Å². The van der Waals surface area contributed by atoms with E-state index in [1.54, 1.807) is 28.8 Å². The Morgan fingerprint density at radius 1 is 1.53 bits per heavy atom. The van der Waals surface area contributed by atoms with Crippen LogP contribution in [0.2, 0.25) is 0 Å². The zero-order valence-corrected chi connectivity index (χ0v) is 8.55. The number of nitrogens with two attached hydrogens (primary N) is 1. The van der Waals surface area contributed by atoms with Crippen LogP contribution in [0.3, 0.4) is 0 Å². The average molecular weight is 207 g/mol. The van der Waals surface area contributed by atoms with E-state index in [0.717, 1.165) is 6.42 Å². The highest BCUT2D eigenvalue weighted by Gasteiger charge is 2.06. The van der Waals surface area contributed by atoms with Gasteiger partial charge in [0, 0.05) is 13.6 Å². The summed E-state index contributed by atoms with van der Waals surface area (Å²) in [6.45, 7) is 1.17. The fourth-order valence-electron chi connectivity index (χ4n) is 1.49. The number of aryl methyl sites for hydroxylation is 2. The Morgan fingerprint density at radius 3 is 3.07 bits per heavy atom. The van der Waals surface area contributed by atoms with E-state index >= 15 is 0 Å². The summed E-state index contributed by atoms with van der Waals surface area (Å²) in [4.78, 5) is 16.1. The second-order valence-electron chi connectivity index (χ2n) is 3.39. The van der Waals surface area contributed by atoms with Crippen LogP contribution >= 0.6 is 0 Å². The molecule has 2 aromatic rings. The van der Waals surface area contributed by atoms with Crippen LogP contribution in [0.15, 0.2) is 17.3 Å². The number of nitrogens with zero attached hydrogens (tertiary/aromatic N) is 4. The van der Waals surface area contributed by atoms with Crippen molar-refractivity contribution in [3.05, 3.63) is 22.9 Å². The quantitative estimate of drug-likeness (QED) is 0.734. The van der Waals surface area contributed by atoms with Gasteiger partial charge in [-0.3, -0.25) is 14.0 Å². The number of fused-ring (bicyclic) bond motifs is 1. The SMILES string of the molecule is Cn1ncc2c(=O)n(CCCN)cnc21. The Bertz CT molecular complexity index is 527. The van der Waals surface area contributed by atoms with Gasteiger partial charge >= 0.3 is 0 Å². The van der Waals surface area contributed by atoms with E-state index in [9.17, 15) is 4.79 Å². The zero-order valence-electron chi connectivity index (χ0n) is 8.55. The molecule has 2 rings (SSSR count). The van der Waals surface area contributed by atoms with Crippen molar-refractivity contribution in [2.75, 3.05) is 6.54 Å². The summed E-state index contributed by atoms with van der Waals surface area (Å²) in [5.74, 6) is 0. The first-order chi connectivity index (χ1) is 7.24. The van der Waals surface area contributed by atoms with Gasteiger partial charge in [0.1, 0.15) is 5.39 Å². The first-order valence-electron chi connectivity index (χ1n) is 4.81. The lowest BCUT2D eigenvalue weighted by Gasteiger charge is -2.03. The number of rotatable bonds is 3. The van der Waals surface area contributed by atoms with Crippen molar-refractivity contribution in [3.8, 4) is 0 Å². The minimum atomic E-state index is -0.0541. The maximum atomic E-state index is 11.9. The average Bonchev–Trinajstić information content (AvgIpc) is 2.61. The second-order valence-corrected chi connectivity index (χ2v) is 3.39. The van der Waals surface area contributed by atoms with Gasteiger partial charge in [0.25, 0.3) is 5.56 Å². The molecule has 0 radical (unpaired) electrons. The lowest BCUT2D eigenvalue weighted by atomic mass is 10.4. The Hall–Kier alpha value is -1.69. The third-order valence-corrected chi connectivity index (χ3v) is 2.32. The predicted molar refractivity (Wildman–Crippen MR) is 56.4 cm³/mol. The molecule has 2 aromatic heterocycles. The molecule has 2 heterocycles. The molecule has 15 heavy (non-hydrogen) atoms. The minimum absolute atomic E-state index is 0.0541. The van der Waals surface area contributed by atoms with Gasteiger partial charge in [-0.25, -0.2) is 4.98 Å². The van der Waals surface area contributed by atoms with Crippen LogP contribution in [0.1, 0.15) is 6.42 Å².